The zero-order chi connectivity index (χ0) is 23.4. The van der Waals surface area contributed by atoms with Gasteiger partial charge in [-0.2, -0.15) is 0 Å². The minimum atomic E-state index is -1.15. The molecule has 34 heavy (non-hydrogen) atoms. The van der Waals surface area contributed by atoms with Crippen molar-refractivity contribution in [1.82, 2.24) is 0 Å². The van der Waals surface area contributed by atoms with Gasteiger partial charge < -0.3 is 19.4 Å². The fraction of sp³-hybridized carbons (Fsp3) is 0.259. The third-order valence-corrected chi connectivity index (χ3v) is 6.04. The van der Waals surface area contributed by atoms with Crippen LogP contribution in [0.5, 0.6) is 17.2 Å². The molecule has 1 unspecified atom stereocenters. The van der Waals surface area contributed by atoms with Crippen molar-refractivity contribution in [2.45, 2.75) is 38.5 Å². The topological polar surface area (TPSA) is 75.7 Å². The average Bonchev–Trinajstić information content (AvgIpc) is 2.79. The number of fused-ring (bicyclic) bond motifs is 1. The molecule has 0 bridgehead atoms. The number of ketones is 1. The van der Waals surface area contributed by atoms with Crippen molar-refractivity contribution in [3.8, 4) is 17.2 Å². The quantitative estimate of drug-likeness (QED) is 0.361. The molecule has 0 aromatic heterocycles. The zero-order valence-electron chi connectivity index (χ0n) is 19.3. The van der Waals surface area contributed by atoms with E-state index in [-0.39, 0.29) is 47.0 Å². The van der Waals surface area contributed by atoms with Crippen LogP contribution in [0.1, 0.15) is 52.2 Å². The van der Waals surface area contributed by atoms with E-state index in [1.807, 2.05) is 6.07 Å². The number of Topliss-reactive ketones (excluding diaryl/α,β-unsaturated/α-hetero) is 1. The number of carbonyl (C=O) groups is 2. The standard InChI is InChI=1S/C27H25ClO5.Na/c1-17-4-2-5-18(14-17)6-3-7-24(29)19-8-10-20(11-9-19)33-26-16-25-22(15-23(26)28)21(27(30)31)12-13-32-25;/h2,4-5,8-11,14-16,21H,3,6-7,12-13H2,1H3,(H,30,31);/q;+1/p-1. The molecule has 4 rings (SSSR count). The van der Waals surface area contributed by atoms with E-state index in [2.05, 4.69) is 25.1 Å². The Balaban J connectivity index is 0.00000324. The van der Waals surface area contributed by atoms with Gasteiger partial charge >= 0.3 is 29.6 Å². The predicted molar refractivity (Wildman–Crippen MR) is 124 cm³/mol. The number of halogens is 1. The number of carboxylic acid groups (broad SMARTS) is 1. The molecule has 0 amide bonds. The molecule has 0 fully saturated rings. The molecule has 5 nitrogen and oxygen atoms in total. The molecule has 0 saturated carbocycles. The van der Waals surface area contributed by atoms with Gasteiger partial charge in [-0.15, -0.1) is 0 Å². The van der Waals surface area contributed by atoms with Crippen LogP contribution >= 0.6 is 11.6 Å². The van der Waals surface area contributed by atoms with Crippen molar-refractivity contribution < 1.29 is 53.7 Å². The van der Waals surface area contributed by atoms with Crippen LogP contribution in [0.15, 0.2) is 60.7 Å². The van der Waals surface area contributed by atoms with E-state index in [9.17, 15) is 14.7 Å². The van der Waals surface area contributed by atoms with Crippen molar-refractivity contribution in [2.75, 3.05) is 6.61 Å². The summed E-state index contributed by atoms with van der Waals surface area (Å²) in [6.07, 6.45) is 2.47. The van der Waals surface area contributed by atoms with Gasteiger partial charge in [0.25, 0.3) is 0 Å². The average molecular weight is 487 g/mol. The number of aryl methyl sites for hydroxylation is 2. The van der Waals surface area contributed by atoms with Gasteiger partial charge in [0.2, 0.25) is 0 Å². The van der Waals surface area contributed by atoms with E-state index in [0.29, 0.717) is 41.2 Å². The Morgan fingerprint density at radius 3 is 2.59 bits per heavy atom. The van der Waals surface area contributed by atoms with Gasteiger partial charge in [-0.05, 0) is 62.1 Å². The van der Waals surface area contributed by atoms with Gasteiger partial charge in [0, 0.05) is 35.5 Å². The van der Waals surface area contributed by atoms with Gasteiger partial charge in [0.05, 0.1) is 11.6 Å². The molecule has 1 atom stereocenters. The monoisotopic (exact) mass is 486 g/mol. The summed E-state index contributed by atoms with van der Waals surface area (Å²) in [4.78, 5) is 23.9. The minimum Gasteiger partial charge on any atom is -0.549 e. The summed E-state index contributed by atoms with van der Waals surface area (Å²) >= 11 is 6.33. The van der Waals surface area contributed by atoms with Crippen molar-refractivity contribution >= 4 is 23.4 Å². The molecule has 3 aromatic rings. The first-order chi connectivity index (χ1) is 15.9. The summed E-state index contributed by atoms with van der Waals surface area (Å²) in [5.41, 5.74) is 3.58. The normalized spacial score (nSPS) is 14.4. The number of carbonyl (C=O) groups excluding carboxylic acids is 2. The first kappa shape index (κ1) is 26.3. The van der Waals surface area contributed by atoms with Crippen LogP contribution in [0, 0.1) is 6.92 Å². The number of hydrogen-bond acceptors (Lipinski definition) is 5. The summed E-state index contributed by atoms with van der Waals surface area (Å²) in [5, 5.41) is 11.7. The van der Waals surface area contributed by atoms with Crippen LogP contribution in [-0.2, 0) is 11.2 Å². The van der Waals surface area contributed by atoms with Gasteiger partial charge in [0.15, 0.2) is 5.78 Å². The molecular weight excluding hydrogens is 463 g/mol. The summed E-state index contributed by atoms with van der Waals surface area (Å²) in [5.74, 6) is -0.523. The van der Waals surface area contributed by atoms with Crippen LogP contribution < -0.4 is 44.1 Å². The van der Waals surface area contributed by atoms with Gasteiger partial charge in [-0.25, -0.2) is 0 Å². The van der Waals surface area contributed by atoms with Crippen LogP contribution in [0.25, 0.3) is 0 Å². The molecule has 0 aliphatic carbocycles. The van der Waals surface area contributed by atoms with Crippen molar-refractivity contribution in [2.24, 2.45) is 0 Å². The number of ether oxygens (including phenoxy) is 2. The van der Waals surface area contributed by atoms with Gasteiger partial charge in [-0.1, -0.05) is 41.4 Å². The molecule has 170 valence electrons. The molecule has 1 heterocycles. The molecule has 1 aliphatic heterocycles. The Hall–Kier alpha value is -2.31. The number of benzene rings is 3. The third kappa shape index (κ3) is 6.42. The summed E-state index contributed by atoms with van der Waals surface area (Å²) in [6.45, 7) is 2.35. The van der Waals surface area contributed by atoms with Crippen molar-refractivity contribution in [1.29, 1.82) is 0 Å². The largest absolute Gasteiger partial charge is 1.00 e. The van der Waals surface area contributed by atoms with E-state index in [4.69, 9.17) is 21.1 Å². The third-order valence-electron chi connectivity index (χ3n) is 5.74. The number of carboxylic acids is 1. The molecule has 3 aromatic carbocycles. The molecule has 0 spiro atoms. The fourth-order valence-electron chi connectivity index (χ4n) is 4.01. The smallest absolute Gasteiger partial charge is 0.549 e. The predicted octanol–water partition coefficient (Wildman–Crippen LogP) is 2.27. The van der Waals surface area contributed by atoms with Crippen LogP contribution in [0.4, 0.5) is 0 Å². The van der Waals surface area contributed by atoms with E-state index in [1.54, 1.807) is 36.4 Å². The van der Waals surface area contributed by atoms with Crippen molar-refractivity contribution in [3.05, 3.63) is 87.9 Å². The molecule has 7 heteroatoms. The second kappa shape index (κ2) is 11.9. The Bertz CT molecular complexity index is 1180. The first-order valence-corrected chi connectivity index (χ1v) is 11.3. The maximum absolute atomic E-state index is 12.5. The van der Waals surface area contributed by atoms with Crippen LogP contribution in [0.2, 0.25) is 5.02 Å². The minimum absolute atomic E-state index is 0. The van der Waals surface area contributed by atoms with E-state index < -0.39 is 11.9 Å². The Labute approximate surface area is 226 Å². The summed E-state index contributed by atoms with van der Waals surface area (Å²) in [6, 6.07) is 18.4. The molecule has 0 N–H and O–H groups in total. The van der Waals surface area contributed by atoms with Crippen LogP contribution in [-0.4, -0.2) is 18.4 Å². The van der Waals surface area contributed by atoms with Crippen LogP contribution in [0.3, 0.4) is 0 Å². The second-order valence-electron chi connectivity index (χ2n) is 8.22. The SMILES string of the molecule is Cc1cccc(CCCC(=O)c2ccc(Oc3cc4c(cc3Cl)C(C(=O)[O-])CCO4)cc2)c1.[Na+]. The van der Waals surface area contributed by atoms with E-state index in [1.165, 1.54) is 11.1 Å². The zero-order valence-corrected chi connectivity index (χ0v) is 22.1. The Morgan fingerprint density at radius 1 is 1.12 bits per heavy atom. The summed E-state index contributed by atoms with van der Waals surface area (Å²) < 4.78 is 11.5. The molecular formula is C27H24ClNaO5. The Morgan fingerprint density at radius 2 is 1.88 bits per heavy atom. The first-order valence-electron chi connectivity index (χ1n) is 10.9. The number of rotatable bonds is 8. The van der Waals surface area contributed by atoms with Crippen molar-refractivity contribution in [3.63, 3.8) is 0 Å². The van der Waals surface area contributed by atoms with E-state index in [0.717, 1.165) is 12.8 Å². The molecule has 1 aliphatic rings. The fourth-order valence-corrected chi connectivity index (χ4v) is 4.22. The Kier molecular flexibility index (Phi) is 9.20. The van der Waals surface area contributed by atoms with E-state index >= 15 is 0 Å². The molecule has 0 saturated heterocycles. The molecule has 0 radical (unpaired) electrons. The van der Waals surface area contributed by atoms with Gasteiger partial charge in [0.1, 0.15) is 17.2 Å². The maximum Gasteiger partial charge on any atom is 1.00 e. The number of aliphatic carboxylic acids is 1. The summed E-state index contributed by atoms with van der Waals surface area (Å²) in [7, 11) is 0. The van der Waals surface area contributed by atoms with Gasteiger partial charge in [-0.3, -0.25) is 4.79 Å². The number of hydrogen-bond donors (Lipinski definition) is 0. The second-order valence-corrected chi connectivity index (χ2v) is 8.63. The maximum atomic E-state index is 12.5.